The Hall–Kier alpha value is -3.69. The van der Waals surface area contributed by atoms with Crippen LogP contribution in [0.2, 0.25) is 0 Å². The van der Waals surface area contributed by atoms with E-state index in [1.54, 1.807) is 11.3 Å². The standard InChI is InChI=1S/C24H23N7OS/c1-15-12-17(3-5-21(15)31-7-9-32-10-8-31)27-24-28-20-6-11-33-22(20)23(29-24)26-18-2-4-19-16(13-18)14-25-30-19/h2-6,11-14H,7-10H2,1H3,(H,25,30)(H2,26,27,28,29). The summed E-state index contributed by atoms with van der Waals surface area (Å²) in [6.45, 7) is 5.53. The molecule has 8 nitrogen and oxygen atoms in total. The number of nitrogens with one attached hydrogen (secondary N) is 3. The molecule has 1 aliphatic heterocycles. The fourth-order valence-corrected chi connectivity index (χ4v) is 4.96. The Labute approximate surface area is 194 Å². The fourth-order valence-electron chi connectivity index (χ4n) is 4.18. The molecule has 0 atom stereocenters. The first-order valence-corrected chi connectivity index (χ1v) is 11.8. The van der Waals surface area contributed by atoms with Gasteiger partial charge in [-0.05, 0) is 60.3 Å². The van der Waals surface area contributed by atoms with Gasteiger partial charge in [0.05, 0.1) is 35.1 Å². The summed E-state index contributed by atoms with van der Waals surface area (Å²) >= 11 is 1.62. The maximum Gasteiger partial charge on any atom is 0.229 e. The van der Waals surface area contributed by atoms with Gasteiger partial charge in [0.1, 0.15) is 0 Å². The van der Waals surface area contributed by atoms with Crippen LogP contribution < -0.4 is 15.5 Å². The third kappa shape index (κ3) is 3.96. The number of thiophene rings is 1. The molecule has 166 valence electrons. The highest BCUT2D eigenvalue weighted by molar-refractivity contribution is 7.17. The number of rotatable bonds is 5. The van der Waals surface area contributed by atoms with Crippen molar-refractivity contribution in [2.75, 3.05) is 41.8 Å². The number of nitrogens with zero attached hydrogens (tertiary/aromatic N) is 4. The first kappa shape index (κ1) is 20.0. The molecule has 3 aromatic heterocycles. The van der Waals surface area contributed by atoms with Crippen molar-refractivity contribution in [1.82, 2.24) is 20.2 Å². The molecular formula is C24H23N7OS. The van der Waals surface area contributed by atoms with E-state index < -0.39 is 0 Å². The van der Waals surface area contributed by atoms with Gasteiger partial charge in [0, 0.05) is 35.5 Å². The zero-order valence-corrected chi connectivity index (χ0v) is 18.9. The number of anilines is 5. The van der Waals surface area contributed by atoms with Crippen LogP contribution in [0.5, 0.6) is 0 Å². The Morgan fingerprint density at radius 1 is 1.00 bits per heavy atom. The Balaban J connectivity index is 1.29. The monoisotopic (exact) mass is 457 g/mol. The number of hydrogen-bond donors (Lipinski definition) is 3. The molecule has 1 saturated heterocycles. The fraction of sp³-hybridized carbons (Fsp3) is 0.208. The van der Waals surface area contributed by atoms with Crippen LogP contribution >= 0.6 is 11.3 Å². The highest BCUT2D eigenvalue weighted by atomic mass is 32.1. The van der Waals surface area contributed by atoms with Crippen molar-refractivity contribution in [2.24, 2.45) is 0 Å². The van der Waals surface area contributed by atoms with E-state index >= 15 is 0 Å². The molecule has 0 spiro atoms. The summed E-state index contributed by atoms with van der Waals surface area (Å²) in [4.78, 5) is 11.9. The molecule has 0 aliphatic carbocycles. The number of aromatic nitrogens is 4. The molecule has 6 rings (SSSR count). The third-order valence-electron chi connectivity index (χ3n) is 5.81. The second kappa shape index (κ2) is 8.34. The summed E-state index contributed by atoms with van der Waals surface area (Å²) < 4.78 is 6.50. The van der Waals surface area contributed by atoms with Gasteiger partial charge in [-0.25, -0.2) is 4.98 Å². The molecule has 2 aromatic carbocycles. The average Bonchev–Trinajstić information content (AvgIpc) is 3.49. The molecule has 0 bridgehead atoms. The summed E-state index contributed by atoms with van der Waals surface area (Å²) in [5.41, 5.74) is 6.29. The van der Waals surface area contributed by atoms with Gasteiger partial charge in [-0.3, -0.25) is 5.10 Å². The number of morpholine rings is 1. The quantitative estimate of drug-likeness (QED) is 0.334. The Morgan fingerprint density at radius 2 is 1.85 bits per heavy atom. The number of H-pyrrole nitrogens is 1. The van der Waals surface area contributed by atoms with Crippen LogP contribution in [-0.2, 0) is 4.74 Å². The maximum absolute atomic E-state index is 5.48. The molecule has 33 heavy (non-hydrogen) atoms. The zero-order chi connectivity index (χ0) is 22.2. The van der Waals surface area contributed by atoms with E-state index in [0.717, 1.165) is 64.6 Å². The van der Waals surface area contributed by atoms with Crippen molar-refractivity contribution in [3.05, 3.63) is 59.6 Å². The van der Waals surface area contributed by atoms with E-state index in [9.17, 15) is 0 Å². The molecule has 0 saturated carbocycles. The topological polar surface area (TPSA) is 91.0 Å². The molecule has 1 aliphatic rings. The predicted molar refractivity (Wildman–Crippen MR) is 134 cm³/mol. The lowest BCUT2D eigenvalue weighted by Gasteiger charge is -2.30. The van der Waals surface area contributed by atoms with Crippen LogP contribution in [0.15, 0.2) is 54.0 Å². The Bertz CT molecular complexity index is 1440. The van der Waals surface area contributed by atoms with Crippen LogP contribution in [-0.4, -0.2) is 46.5 Å². The summed E-state index contributed by atoms with van der Waals surface area (Å²) in [6.07, 6.45) is 1.82. The van der Waals surface area contributed by atoms with Crippen molar-refractivity contribution in [2.45, 2.75) is 6.92 Å². The number of aryl methyl sites for hydroxylation is 1. The van der Waals surface area contributed by atoms with E-state index in [0.29, 0.717) is 5.95 Å². The molecular weight excluding hydrogens is 434 g/mol. The van der Waals surface area contributed by atoms with Crippen LogP contribution in [0.4, 0.5) is 28.8 Å². The van der Waals surface area contributed by atoms with Crippen molar-refractivity contribution >= 4 is 61.3 Å². The molecule has 1 fully saturated rings. The van der Waals surface area contributed by atoms with Gasteiger partial charge in [0.25, 0.3) is 0 Å². The summed E-state index contributed by atoms with van der Waals surface area (Å²) in [5, 5.41) is 17.0. The third-order valence-corrected chi connectivity index (χ3v) is 6.72. The lowest BCUT2D eigenvalue weighted by atomic mass is 10.1. The first-order chi connectivity index (χ1) is 16.2. The number of hydrogen-bond acceptors (Lipinski definition) is 8. The van der Waals surface area contributed by atoms with Crippen LogP contribution in [0, 0.1) is 6.92 Å². The predicted octanol–water partition coefficient (Wildman–Crippen LogP) is 5.20. The Morgan fingerprint density at radius 3 is 2.73 bits per heavy atom. The van der Waals surface area contributed by atoms with E-state index in [4.69, 9.17) is 14.7 Å². The van der Waals surface area contributed by atoms with E-state index in [2.05, 4.69) is 56.9 Å². The van der Waals surface area contributed by atoms with Crippen molar-refractivity contribution < 1.29 is 4.74 Å². The van der Waals surface area contributed by atoms with Gasteiger partial charge < -0.3 is 20.3 Å². The van der Waals surface area contributed by atoms with Crippen LogP contribution in [0.3, 0.4) is 0 Å². The van der Waals surface area contributed by atoms with Crippen molar-refractivity contribution in [1.29, 1.82) is 0 Å². The van der Waals surface area contributed by atoms with Crippen molar-refractivity contribution in [3.63, 3.8) is 0 Å². The molecule has 0 radical (unpaired) electrons. The molecule has 0 unspecified atom stereocenters. The van der Waals surface area contributed by atoms with Gasteiger partial charge in [-0.15, -0.1) is 11.3 Å². The van der Waals surface area contributed by atoms with Gasteiger partial charge in [-0.2, -0.15) is 10.1 Å². The minimum atomic E-state index is 0.561. The number of benzene rings is 2. The molecule has 4 heterocycles. The number of ether oxygens (including phenoxy) is 1. The van der Waals surface area contributed by atoms with Gasteiger partial charge in [0.15, 0.2) is 5.82 Å². The minimum Gasteiger partial charge on any atom is -0.378 e. The molecule has 3 N–H and O–H groups in total. The normalized spacial score (nSPS) is 14.2. The molecule has 0 amide bonds. The number of aromatic amines is 1. The lowest BCUT2D eigenvalue weighted by Crippen LogP contribution is -2.36. The highest BCUT2D eigenvalue weighted by Crippen LogP contribution is 2.32. The van der Waals surface area contributed by atoms with E-state index in [1.165, 1.54) is 11.3 Å². The summed E-state index contributed by atoms with van der Waals surface area (Å²) in [5.74, 6) is 1.34. The highest BCUT2D eigenvalue weighted by Gasteiger charge is 2.15. The lowest BCUT2D eigenvalue weighted by molar-refractivity contribution is 0.122. The van der Waals surface area contributed by atoms with Crippen molar-refractivity contribution in [3.8, 4) is 0 Å². The summed E-state index contributed by atoms with van der Waals surface area (Å²) in [6, 6.07) is 14.5. The van der Waals surface area contributed by atoms with E-state index in [1.807, 2.05) is 29.8 Å². The van der Waals surface area contributed by atoms with Gasteiger partial charge >= 0.3 is 0 Å². The maximum atomic E-state index is 5.48. The van der Waals surface area contributed by atoms with Crippen LogP contribution in [0.25, 0.3) is 21.1 Å². The second-order valence-corrected chi connectivity index (χ2v) is 8.97. The molecule has 5 aromatic rings. The smallest absolute Gasteiger partial charge is 0.229 e. The summed E-state index contributed by atoms with van der Waals surface area (Å²) in [7, 11) is 0. The zero-order valence-electron chi connectivity index (χ0n) is 18.1. The Kier molecular flexibility index (Phi) is 5.04. The molecule has 9 heteroatoms. The first-order valence-electron chi connectivity index (χ1n) is 10.9. The van der Waals surface area contributed by atoms with E-state index in [-0.39, 0.29) is 0 Å². The van der Waals surface area contributed by atoms with Gasteiger partial charge in [-0.1, -0.05) is 0 Å². The SMILES string of the molecule is Cc1cc(Nc2nc(Nc3ccc4[nH]ncc4c3)c3sccc3n2)ccc1N1CCOCC1. The largest absolute Gasteiger partial charge is 0.378 e. The average molecular weight is 458 g/mol. The van der Waals surface area contributed by atoms with Gasteiger partial charge in [0.2, 0.25) is 5.95 Å². The number of fused-ring (bicyclic) bond motifs is 2. The minimum absolute atomic E-state index is 0.561. The second-order valence-electron chi connectivity index (χ2n) is 8.05. The van der Waals surface area contributed by atoms with Crippen LogP contribution in [0.1, 0.15) is 5.56 Å².